The molecule has 0 bridgehead atoms. The number of carbonyl (C=O) groups is 2. The highest BCUT2D eigenvalue weighted by molar-refractivity contribution is 5.86. The second-order valence-electron chi connectivity index (χ2n) is 5.95. The normalized spacial score (nSPS) is 21.0. The van der Waals surface area contributed by atoms with E-state index in [1.54, 1.807) is 36.5 Å². The number of benzene rings is 1. The molecule has 7 heteroatoms. The monoisotopic (exact) mass is 343 g/mol. The molecule has 2 aromatic rings. The van der Waals surface area contributed by atoms with Crippen molar-refractivity contribution in [2.24, 2.45) is 5.92 Å². The van der Waals surface area contributed by atoms with Crippen LogP contribution in [0, 0.1) is 5.92 Å². The molecule has 1 aromatic heterocycles. The summed E-state index contributed by atoms with van der Waals surface area (Å²) in [6.45, 7) is 3.17. The van der Waals surface area contributed by atoms with Gasteiger partial charge in [0, 0.05) is 25.5 Å². The Bertz CT molecular complexity index is 744. The highest BCUT2D eigenvalue weighted by Crippen LogP contribution is 2.34. The van der Waals surface area contributed by atoms with Gasteiger partial charge in [0.15, 0.2) is 6.04 Å². The molecule has 1 amide bonds. The summed E-state index contributed by atoms with van der Waals surface area (Å²) in [6, 6.07) is 7.58. The Hall–Kier alpha value is -2.67. The Morgan fingerprint density at radius 3 is 2.84 bits per heavy atom. The highest BCUT2D eigenvalue weighted by atomic mass is 16.5. The molecular weight excluding hydrogens is 322 g/mol. The number of aryl methyl sites for hydroxylation is 1. The number of aliphatic carboxylic acids is 1. The summed E-state index contributed by atoms with van der Waals surface area (Å²) in [7, 11) is 0. The third kappa shape index (κ3) is 3.56. The molecule has 1 aliphatic heterocycles. The van der Waals surface area contributed by atoms with E-state index >= 15 is 0 Å². The van der Waals surface area contributed by atoms with Crippen LogP contribution in [0.3, 0.4) is 0 Å². The van der Waals surface area contributed by atoms with Gasteiger partial charge in [-0.3, -0.25) is 4.79 Å². The predicted octanol–water partition coefficient (Wildman–Crippen LogP) is 1.92. The molecule has 0 radical (unpaired) electrons. The molecule has 132 valence electrons. The zero-order valence-electron chi connectivity index (χ0n) is 14.0. The molecule has 0 saturated carbocycles. The van der Waals surface area contributed by atoms with Gasteiger partial charge in [-0.05, 0) is 18.9 Å². The first-order valence-corrected chi connectivity index (χ1v) is 8.32. The largest absolute Gasteiger partial charge is 0.479 e. The fourth-order valence-electron chi connectivity index (χ4n) is 3.14. The van der Waals surface area contributed by atoms with Crippen LogP contribution in [-0.4, -0.2) is 33.1 Å². The van der Waals surface area contributed by atoms with E-state index in [4.69, 9.17) is 4.74 Å². The quantitative estimate of drug-likeness (QED) is 0.836. The fourth-order valence-corrected chi connectivity index (χ4v) is 3.14. The van der Waals surface area contributed by atoms with Gasteiger partial charge in [0.05, 0.1) is 5.92 Å². The summed E-state index contributed by atoms with van der Waals surface area (Å²) in [4.78, 5) is 28.7. The van der Waals surface area contributed by atoms with E-state index in [-0.39, 0.29) is 5.91 Å². The van der Waals surface area contributed by atoms with Gasteiger partial charge in [-0.15, -0.1) is 0 Å². The SMILES string of the molecule is CCn1ccnc1[C@@H]1OCC[C@H]1C(=O)N[C@H](C(=O)O)c1ccccc1. The molecule has 3 atom stereocenters. The summed E-state index contributed by atoms with van der Waals surface area (Å²) in [5, 5.41) is 12.1. The zero-order valence-corrected chi connectivity index (χ0v) is 14.0. The molecule has 2 heterocycles. The van der Waals surface area contributed by atoms with E-state index in [0.29, 0.717) is 24.4 Å². The van der Waals surface area contributed by atoms with Crippen LogP contribution in [0.2, 0.25) is 0 Å². The number of carbonyl (C=O) groups excluding carboxylic acids is 1. The summed E-state index contributed by atoms with van der Waals surface area (Å²) in [6.07, 6.45) is 3.60. The number of rotatable bonds is 6. The minimum absolute atomic E-state index is 0.329. The van der Waals surface area contributed by atoms with Crippen molar-refractivity contribution in [3.63, 3.8) is 0 Å². The Balaban J connectivity index is 1.78. The molecule has 0 unspecified atom stereocenters. The Kier molecular flexibility index (Phi) is 5.14. The number of nitrogens with zero attached hydrogens (tertiary/aromatic N) is 2. The highest BCUT2D eigenvalue weighted by Gasteiger charge is 2.39. The number of aromatic nitrogens is 2. The molecule has 7 nitrogen and oxygen atoms in total. The maximum Gasteiger partial charge on any atom is 0.330 e. The van der Waals surface area contributed by atoms with Gasteiger partial charge in [-0.2, -0.15) is 0 Å². The maximum absolute atomic E-state index is 12.7. The molecule has 1 aromatic carbocycles. The molecule has 1 fully saturated rings. The van der Waals surface area contributed by atoms with Crippen LogP contribution in [-0.2, 0) is 20.9 Å². The van der Waals surface area contributed by atoms with Gasteiger partial charge >= 0.3 is 5.97 Å². The van der Waals surface area contributed by atoms with Crippen molar-refractivity contribution in [1.29, 1.82) is 0 Å². The number of carboxylic acid groups (broad SMARTS) is 1. The van der Waals surface area contributed by atoms with E-state index in [1.807, 2.05) is 17.7 Å². The summed E-state index contributed by atoms with van der Waals surface area (Å²) < 4.78 is 7.66. The van der Waals surface area contributed by atoms with Crippen molar-refractivity contribution in [3.05, 3.63) is 54.1 Å². The van der Waals surface area contributed by atoms with E-state index < -0.39 is 24.0 Å². The smallest absolute Gasteiger partial charge is 0.330 e. The van der Waals surface area contributed by atoms with Crippen molar-refractivity contribution in [2.45, 2.75) is 32.0 Å². The van der Waals surface area contributed by atoms with E-state index in [9.17, 15) is 14.7 Å². The van der Waals surface area contributed by atoms with Gasteiger partial charge in [0.2, 0.25) is 5.91 Å². The van der Waals surface area contributed by atoms with Crippen LogP contribution >= 0.6 is 0 Å². The van der Waals surface area contributed by atoms with Crippen LogP contribution < -0.4 is 5.32 Å². The van der Waals surface area contributed by atoms with Crippen molar-refractivity contribution < 1.29 is 19.4 Å². The number of nitrogens with one attached hydrogen (secondary N) is 1. The van der Waals surface area contributed by atoms with Crippen molar-refractivity contribution in [3.8, 4) is 0 Å². The average Bonchev–Trinajstić information content (AvgIpc) is 3.28. The Labute approximate surface area is 145 Å². The van der Waals surface area contributed by atoms with Crippen LogP contribution in [0.1, 0.15) is 36.9 Å². The molecule has 0 spiro atoms. The topological polar surface area (TPSA) is 93.5 Å². The number of carboxylic acids is 1. The number of hydrogen-bond donors (Lipinski definition) is 2. The van der Waals surface area contributed by atoms with Crippen LogP contribution in [0.25, 0.3) is 0 Å². The average molecular weight is 343 g/mol. The third-order valence-electron chi connectivity index (χ3n) is 4.44. The van der Waals surface area contributed by atoms with Gasteiger partial charge in [-0.1, -0.05) is 30.3 Å². The first-order valence-electron chi connectivity index (χ1n) is 8.32. The van der Waals surface area contributed by atoms with Crippen LogP contribution in [0.15, 0.2) is 42.7 Å². The zero-order chi connectivity index (χ0) is 17.8. The van der Waals surface area contributed by atoms with E-state index in [1.165, 1.54) is 0 Å². The Morgan fingerprint density at radius 2 is 2.16 bits per heavy atom. The first kappa shape index (κ1) is 17.2. The van der Waals surface area contributed by atoms with Gasteiger partial charge in [0.25, 0.3) is 0 Å². The lowest BCUT2D eigenvalue weighted by atomic mass is 9.98. The van der Waals surface area contributed by atoms with Gasteiger partial charge in [0.1, 0.15) is 11.9 Å². The second kappa shape index (κ2) is 7.48. The molecule has 1 aliphatic rings. The lowest BCUT2D eigenvalue weighted by Crippen LogP contribution is -2.39. The molecule has 2 N–H and O–H groups in total. The molecule has 25 heavy (non-hydrogen) atoms. The van der Waals surface area contributed by atoms with Crippen molar-refractivity contribution in [2.75, 3.05) is 6.61 Å². The first-order chi connectivity index (χ1) is 12.1. The lowest BCUT2D eigenvalue weighted by molar-refractivity contribution is -0.143. The fraction of sp³-hybridized carbons (Fsp3) is 0.389. The second-order valence-corrected chi connectivity index (χ2v) is 5.95. The van der Waals surface area contributed by atoms with E-state index in [2.05, 4.69) is 10.3 Å². The van der Waals surface area contributed by atoms with Crippen molar-refractivity contribution >= 4 is 11.9 Å². The standard InChI is InChI=1S/C18H21N3O4/c1-2-21-10-9-19-16(21)15-13(8-11-25-15)17(22)20-14(18(23)24)12-6-4-3-5-7-12/h3-7,9-10,13-15H,2,8,11H2,1H3,(H,20,22)(H,23,24)/t13-,14+,15-/m1/s1. The number of ether oxygens (including phenoxy) is 1. The molecule has 3 rings (SSSR count). The molecule has 1 saturated heterocycles. The molecular formula is C18H21N3O4. The Morgan fingerprint density at radius 1 is 1.40 bits per heavy atom. The van der Waals surface area contributed by atoms with Gasteiger partial charge < -0.3 is 19.7 Å². The number of hydrogen-bond acceptors (Lipinski definition) is 4. The minimum Gasteiger partial charge on any atom is -0.479 e. The summed E-state index contributed by atoms with van der Waals surface area (Å²) in [5.74, 6) is -1.18. The van der Waals surface area contributed by atoms with Crippen LogP contribution in [0.5, 0.6) is 0 Å². The minimum atomic E-state index is -1.09. The maximum atomic E-state index is 12.7. The number of amides is 1. The summed E-state index contributed by atoms with van der Waals surface area (Å²) in [5.41, 5.74) is 0.536. The summed E-state index contributed by atoms with van der Waals surface area (Å²) >= 11 is 0. The molecule has 0 aliphatic carbocycles. The van der Waals surface area contributed by atoms with Gasteiger partial charge in [-0.25, -0.2) is 9.78 Å². The number of imidazole rings is 1. The van der Waals surface area contributed by atoms with E-state index in [0.717, 1.165) is 6.54 Å². The lowest BCUT2D eigenvalue weighted by Gasteiger charge is -2.21. The van der Waals surface area contributed by atoms with Crippen molar-refractivity contribution in [1.82, 2.24) is 14.9 Å². The van der Waals surface area contributed by atoms with Crippen LogP contribution in [0.4, 0.5) is 0 Å². The third-order valence-corrected chi connectivity index (χ3v) is 4.44. The predicted molar refractivity (Wildman–Crippen MR) is 89.7 cm³/mol.